The van der Waals surface area contributed by atoms with E-state index in [1.165, 1.54) is 6.07 Å². The fourth-order valence-corrected chi connectivity index (χ4v) is 3.35. The maximum absolute atomic E-state index is 12.5. The SMILES string of the molecule is C[C@@H](NS(=O)(=O)c1cccc2nonc12)c1ccccn1. The van der Waals surface area contributed by atoms with Crippen molar-refractivity contribution >= 4 is 21.1 Å². The Balaban J connectivity index is 1.96. The monoisotopic (exact) mass is 304 g/mol. The van der Waals surface area contributed by atoms with Gasteiger partial charge in [0.1, 0.15) is 10.4 Å². The first-order valence-electron chi connectivity index (χ1n) is 6.22. The first-order valence-corrected chi connectivity index (χ1v) is 7.71. The number of nitrogens with zero attached hydrogens (tertiary/aromatic N) is 3. The van der Waals surface area contributed by atoms with Crippen LogP contribution < -0.4 is 4.72 Å². The zero-order chi connectivity index (χ0) is 14.9. The molecule has 2 aromatic heterocycles. The normalized spacial score (nSPS) is 13.4. The van der Waals surface area contributed by atoms with Gasteiger partial charge in [-0.05, 0) is 41.5 Å². The van der Waals surface area contributed by atoms with Crippen LogP contribution in [-0.2, 0) is 10.0 Å². The average Bonchev–Trinajstić information content (AvgIpc) is 2.95. The Labute approximate surface area is 121 Å². The van der Waals surface area contributed by atoms with Crippen molar-refractivity contribution in [2.75, 3.05) is 0 Å². The first kappa shape index (κ1) is 13.7. The molecule has 0 saturated carbocycles. The number of nitrogens with one attached hydrogen (secondary N) is 1. The van der Waals surface area contributed by atoms with Crippen molar-refractivity contribution in [3.8, 4) is 0 Å². The molecule has 1 aromatic carbocycles. The van der Waals surface area contributed by atoms with Gasteiger partial charge in [-0.3, -0.25) is 4.98 Å². The molecular weight excluding hydrogens is 292 g/mol. The highest BCUT2D eigenvalue weighted by molar-refractivity contribution is 7.89. The van der Waals surface area contributed by atoms with Crippen molar-refractivity contribution in [3.05, 3.63) is 48.3 Å². The van der Waals surface area contributed by atoms with Gasteiger partial charge in [-0.15, -0.1) is 0 Å². The average molecular weight is 304 g/mol. The van der Waals surface area contributed by atoms with Crippen molar-refractivity contribution in [1.29, 1.82) is 0 Å². The minimum Gasteiger partial charge on any atom is -0.260 e. The van der Waals surface area contributed by atoms with Crippen LogP contribution in [0.4, 0.5) is 0 Å². The lowest BCUT2D eigenvalue weighted by atomic mass is 10.2. The molecule has 0 unspecified atom stereocenters. The van der Waals surface area contributed by atoms with Gasteiger partial charge >= 0.3 is 0 Å². The molecule has 21 heavy (non-hydrogen) atoms. The highest BCUT2D eigenvalue weighted by Gasteiger charge is 2.23. The van der Waals surface area contributed by atoms with Crippen LogP contribution in [0.1, 0.15) is 18.7 Å². The third-order valence-corrected chi connectivity index (χ3v) is 4.57. The maximum Gasteiger partial charge on any atom is 0.243 e. The maximum atomic E-state index is 12.5. The third kappa shape index (κ3) is 2.63. The first-order chi connectivity index (χ1) is 10.1. The molecule has 3 rings (SSSR count). The van der Waals surface area contributed by atoms with Gasteiger partial charge < -0.3 is 0 Å². The number of aromatic nitrogens is 3. The highest BCUT2D eigenvalue weighted by atomic mass is 32.2. The Kier molecular flexibility index (Phi) is 3.40. The number of rotatable bonds is 4. The number of benzene rings is 1. The van der Waals surface area contributed by atoms with Crippen molar-refractivity contribution in [2.24, 2.45) is 0 Å². The molecule has 108 valence electrons. The van der Waals surface area contributed by atoms with Gasteiger partial charge in [0.05, 0.1) is 11.7 Å². The summed E-state index contributed by atoms with van der Waals surface area (Å²) in [6.45, 7) is 1.72. The van der Waals surface area contributed by atoms with Crippen LogP contribution in [0.15, 0.2) is 52.1 Å². The summed E-state index contributed by atoms with van der Waals surface area (Å²) in [5, 5.41) is 7.28. The zero-order valence-corrected chi connectivity index (χ0v) is 11.9. The van der Waals surface area contributed by atoms with Gasteiger partial charge in [0.25, 0.3) is 0 Å². The van der Waals surface area contributed by atoms with E-state index in [1.54, 1.807) is 43.5 Å². The van der Waals surface area contributed by atoms with Gasteiger partial charge in [0.15, 0.2) is 5.52 Å². The van der Waals surface area contributed by atoms with E-state index in [0.29, 0.717) is 11.2 Å². The van der Waals surface area contributed by atoms with E-state index < -0.39 is 16.1 Å². The predicted octanol–water partition coefficient (Wildman–Crippen LogP) is 1.66. The highest BCUT2D eigenvalue weighted by Crippen LogP contribution is 2.21. The number of fused-ring (bicyclic) bond motifs is 1. The summed E-state index contributed by atoms with van der Waals surface area (Å²) in [6.07, 6.45) is 1.61. The molecule has 0 aliphatic carbocycles. The molecule has 0 aliphatic heterocycles. The quantitative estimate of drug-likeness (QED) is 0.787. The zero-order valence-electron chi connectivity index (χ0n) is 11.1. The Morgan fingerprint density at radius 2 is 2.00 bits per heavy atom. The topological polar surface area (TPSA) is 98.0 Å². The van der Waals surface area contributed by atoms with Crippen LogP contribution in [0.2, 0.25) is 0 Å². The van der Waals surface area contributed by atoms with Gasteiger partial charge in [-0.1, -0.05) is 12.1 Å². The number of hydrogen-bond donors (Lipinski definition) is 1. The lowest BCUT2D eigenvalue weighted by Crippen LogP contribution is -2.27. The molecule has 1 N–H and O–H groups in total. The minimum absolute atomic E-state index is 0.0315. The second kappa shape index (κ2) is 5.23. The van der Waals surface area contributed by atoms with Crippen LogP contribution in [-0.4, -0.2) is 23.7 Å². The van der Waals surface area contributed by atoms with E-state index in [-0.39, 0.29) is 10.4 Å². The molecule has 0 aliphatic rings. The summed E-state index contributed by atoms with van der Waals surface area (Å²) in [7, 11) is -3.76. The standard InChI is InChI=1S/C13H12N4O3S/c1-9(10-5-2-3-8-14-10)17-21(18,19)12-7-4-6-11-13(12)16-20-15-11/h2-9,17H,1H3/t9-/m1/s1. The molecular formula is C13H12N4O3S. The van der Waals surface area contributed by atoms with Crippen molar-refractivity contribution in [2.45, 2.75) is 17.9 Å². The summed E-state index contributed by atoms with van der Waals surface area (Å²) in [6, 6.07) is 9.54. The van der Waals surface area contributed by atoms with Gasteiger partial charge in [0.2, 0.25) is 10.0 Å². The van der Waals surface area contributed by atoms with Crippen LogP contribution in [0.5, 0.6) is 0 Å². The van der Waals surface area contributed by atoms with Gasteiger partial charge in [-0.25, -0.2) is 17.8 Å². The van der Waals surface area contributed by atoms with Crippen LogP contribution >= 0.6 is 0 Å². The fourth-order valence-electron chi connectivity index (χ4n) is 1.99. The summed E-state index contributed by atoms with van der Waals surface area (Å²) in [4.78, 5) is 4.17. The van der Waals surface area contributed by atoms with Crippen LogP contribution in [0.25, 0.3) is 11.0 Å². The molecule has 1 atom stereocenters. The third-order valence-electron chi connectivity index (χ3n) is 3.00. The van der Waals surface area contributed by atoms with E-state index in [4.69, 9.17) is 0 Å². The van der Waals surface area contributed by atoms with Crippen molar-refractivity contribution < 1.29 is 13.0 Å². The van der Waals surface area contributed by atoms with E-state index in [0.717, 1.165) is 0 Å². The van der Waals surface area contributed by atoms with Crippen LogP contribution in [0, 0.1) is 0 Å². The Morgan fingerprint density at radius 3 is 2.76 bits per heavy atom. The summed E-state index contributed by atoms with van der Waals surface area (Å²) in [5.41, 5.74) is 1.23. The molecule has 2 heterocycles. The van der Waals surface area contributed by atoms with E-state index in [2.05, 4.69) is 24.6 Å². The largest absolute Gasteiger partial charge is 0.260 e. The molecule has 0 saturated heterocycles. The number of hydrogen-bond acceptors (Lipinski definition) is 6. The second-order valence-corrected chi connectivity index (χ2v) is 6.17. The van der Waals surface area contributed by atoms with Crippen molar-refractivity contribution in [1.82, 2.24) is 20.0 Å². The summed E-state index contributed by atoms with van der Waals surface area (Å²) < 4.78 is 32.1. The predicted molar refractivity (Wildman–Crippen MR) is 74.8 cm³/mol. The number of pyridine rings is 1. The molecule has 0 amide bonds. The molecule has 0 spiro atoms. The van der Waals surface area contributed by atoms with E-state index in [9.17, 15) is 8.42 Å². The fraction of sp³-hybridized carbons (Fsp3) is 0.154. The number of sulfonamides is 1. The molecule has 8 heteroatoms. The lowest BCUT2D eigenvalue weighted by Gasteiger charge is -2.13. The Hall–Kier alpha value is -2.32. The lowest BCUT2D eigenvalue weighted by molar-refractivity contribution is 0.315. The second-order valence-electron chi connectivity index (χ2n) is 4.49. The molecule has 3 aromatic rings. The van der Waals surface area contributed by atoms with Gasteiger partial charge in [-0.2, -0.15) is 0 Å². The summed E-state index contributed by atoms with van der Waals surface area (Å²) >= 11 is 0. The Bertz CT molecular complexity index is 861. The summed E-state index contributed by atoms with van der Waals surface area (Å²) in [5.74, 6) is 0. The molecule has 0 bridgehead atoms. The van der Waals surface area contributed by atoms with Crippen LogP contribution in [0.3, 0.4) is 0 Å². The molecule has 0 fully saturated rings. The smallest absolute Gasteiger partial charge is 0.243 e. The van der Waals surface area contributed by atoms with E-state index in [1.807, 2.05) is 0 Å². The Morgan fingerprint density at radius 1 is 1.14 bits per heavy atom. The molecule has 7 nitrogen and oxygen atoms in total. The van der Waals surface area contributed by atoms with Gasteiger partial charge in [0, 0.05) is 6.20 Å². The van der Waals surface area contributed by atoms with Crippen molar-refractivity contribution in [3.63, 3.8) is 0 Å². The van der Waals surface area contributed by atoms with E-state index >= 15 is 0 Å². The molecule has 0 radical (unpaired) electrons. The minimum atomic E-state index is -3.76.